The molecule has 0 unspecified atom stereocenters. The molecular formula is C8H7BrF3N. The number of hydrogen-bond acceptors (Lipinski definition) is 1. The van der Waals surface area contributed by atoms with Gasteiger partial charge in [-0.2, -0.15) is 0 Å². The lowest BCUT2D eigenvalue weighted by Gasteiger charge is -2.10. The first-order valence-electron chi connectivity index (χ1n) is 3.51. The second-order valence-corrected chi connectivity index (χ2v) is 3.39. The van der Waals surface area contributed by atoms with E-state index in [9.17, 15) is 13.2 Å². The Morgan fingerprint density at radius 3 is 2.38 bits per heavy atom. The molecule has 0 aromatic heterocycles. The molecule has 0 aliphatic carbocycles. The normalized spacial score (nSPS) is 13.4. The molecule has 0 spiro atoms. The minimum atomic E-state index is -2.68. The summed E-state index contributed by atoms with van der Waals surface area (Å²) in [4.78, 5) is 0. The van der Waals surface area contributed by atoms with Crippen LogP contribution in [0, 0.1) is 5.82 Å². The van der Waals surface area contributed by atoms with E-state index in [-0.39, 0.29) is 10.0 Å². The van der Waals surface area contributed by atoms with Gasteiger partial charge in [0.15, 0.2) is 0 Å². The summed E-state index contributed by atoms with van der Waals surface area (Å²) in [7, 11) is 0. The van der Waals surface area contributed by atoms with Gasteiger partial charge in [-0.05, 0) is 33.6 Å². The van der Waals surface area contributed by atoms with Crippen LogP contribution in [0.2, 0.25) is 0 Å². The van der Waals surface area contributed by atoms with Gasteiger partial charge >= 0.3 is 0 Å². The fraction of sp³-hybridized carbons (Fsp3) is 0.250. The van der Waals surface area contributed by atoms with E-state index in [1.165, 1.54) is 12.1 Å². The molecule has 2 N–H and O–H groups in total. The van der Waals surface area contributed by atoms with Crippen LogP contribution in [0.3, 0.4) is 0 Å². The van der Waals surface area contributed by atoms with Crippen LogP contribution in [-0.2, 0) is 0 Å². The van der Waals surface area contributed by atoms with Crippen molar-refractivity contribution in [3.05, 3.63) is 34.1 Å². The molecule has 0 saturated heterocycles. The molecule has 0 aliphatic heterocycles. The average molecular weight is 254 g/mol. The zero-order valence-corrected chi connectivity index (χ0v) is 8.06. The molecular weight excluding hydrogens is 247 g/mol. The van der Waals surface area contributed by atoms with Crippen molar-refractivity contribution in [3.63, 3.8) is 0 Å². The van der Waals surface area contributed by atoms with Crippen molar-refractivity contribution in [2.75, 3.05) is 0 Å². The highest BCUT2D eigenvalue weighted by atomic mass is 79.9. The van der Waals surface area contributed by atoms with Crippen molar-refractivity contribution in [2.24, 2.45) is 5.73 Å². The Balaban J connectivity index is 2.97. The van der Waals surface area contributed by atoms with Crippen LogP contribution < -0.4 is 5.73 Å². The number of rotatable bonds is 2. The molecule has 1 rings (SSSR count). The molecule has 0 amide bonds. The van der Waals surface area contributed by atoms with Crippen molar-refractivity contribution < 1.29 is 13.2 Å². The first-order chi connectivity index (χ1) is 6.02. The predicted octanol–water partition coefficient (Wildman–Crippen LogP) is 2.85. The summed E-state index contributed by atoms with van der Waals surface area (Å²) in [5.41, 5.74) is 5.22. The third-order valence-electron chi connectivity index (χ3n) is 1.60. The van der Waals surface area contributed by atoms with Crippen LogP contribution in [0.4, 0.5) is 13.2 Å². The summed E-state index contributed by atoms with van der Waals surface area (Å²) in [6, 6.07) is 2.29. The minimum Gasteiger partial charge on any atom is -0.319 e. The molecule has 1 aromatic rings. The fourth-order valence-corrected chi connectivity index (χ4v) is 1.11. The number of halogens is 4. The zero-order chi connectivity index (χ0) is 10.0. The van der Waals surface area contributed by atoms with Gasteiger partial charge in [0.1, 0.15) is 5.82 Å². The summed E-state index contributed by atoms with van der Waals surface area (Å²) in [6.45, 7) is 0. The molecule has 0 aliphatic rings. The zero-order valence-electron chi connectivity index (χ0n) is 6.48. The lowest BCUT2D eigenvalue weighted by Crippen LogP contribution is -2.18. The van der Waals surface area contributed by atoms with Gasteiger partial charge in [0, 0.05) is 0 Å². The Morgan fingerprint density at radius 2 is 1.92 bits per heavy atom. The van der Waals surface area contributed by atoms with E-state index in [0.29, 0.717) is 0 Å². The highest BCUT2D eigenvalue weighted by molar-refractivity contribution is 9.10. The first-order valence-corrected chi connectivity index (χ1v) is 4.30. The Labute approximate surface area is 81.9 Å². The average Bonchev–Trinajstić information content (AvgIpc) is 2.08. The van der Waals surface area contributed by atoms with Crippen molar-refractivity contribution in [1.82, 2.24) is 0 Å². The Hall–Kier alpha value is -0.550. The third kappa shape index (κ3) is 2.45. The van der Waals surface area contributed by atoms with E-state index in [4.69, 9.17) is 5.73 Å². The molecule has 13 heavy (non-hydrogen) atoms. The lowest BCUT2D eigenvalue weighted by molar-refractivity contribution is 0.116. The highest BCUT2D eigenvalue weighted by Crippen LogP contribution is 2.22. The standard InChI is InChI=1S/C8H7BrF3N/c9-5-2-1-4(3-6(5)10)7(13)8(11)12/h1-3,7-8H,13H2/t7-/m1/s1. The van der Waals surface area contributed by atoms with Crippen molar-refractivity contribution in [3.8, 4) is 0 Å². The van der Waals surface area contributed by atoms with E-state index >= 15 is 0 Å². The SMILES string of the molecule is N[C@H](c1ccc(Br)c(F)c1)C(F)F. The smallest absolute Gasteiger partial charge is 0.257 e. The van der Waals surface area contributed by atoms with Crippen LogP contribution in [0.5, 0.6) is 0 Å². The topological polar surface area (TPSA) is 26.0 Å². The Bertz CT molecular complexity index is 303. The van der Waals surface area contributed by atoms with Crippen LogP contribution in [-0.4, -0.2) is 6.43 Å². The molecule has 1 nitrogen and oxygen atoms in total. The van der Waals surface area contributed by atoms with E-state index in [0.717, 1.165) is 6.07 Å². The quantitative estimate of drug-likeness (QED) is 0.862. The molecule has 0 saturated carbocycles. The van der Waals surface area contributed by atoms with Gasteiger partial charge in [-0.15, -0.1) is 0 Å². The van der Waals surface area contributed by atoms with E-state index in [1.807, 2.05) is 0 Å². The Morgan fingerprint density at radius 1 is 1.31 bits per heavy atom. The summed E-state index contributed by atoms with van der Waals surface area (Å²) < 4.78 is 37.3. The summed E-state index contributed by atoms with van der Waals surface area (Å²) in [6.07, 6.45) is -2.68. The van der Waals surface area contributed by atoms with Crippen molar-refractivity contribution in [1.29, 1.82) is 0 Å². The second-order valence-electron chi connectivity index (χ2n) is 2.53. The summed E-state index contributed by atoms with van der Waals surface area (Å²) >= 11 is 2.91. The molecule has 1 aromatic carbocycles. The monoisotopic (exact) mass is 253 g/mol. The highest BCUT2D eigenvalue weighted by Gasteiger charge is 2.18. The van der Waals surface area contributed by atoms with Crippen LogP contribution in [0.25, 0.3) is 0 Å². The van der Waals surface area contributed by atoms with E-state index < -0.39 is 18.3 Å². The van der Waals surface area contributed by atoms with Gasteiger partial charge in [0.2, 0.25) is 0 Å². The van der Waals surface area contributed by atoms with Gasteiger partial charge in [-0.25, -0.2) is 13.2 Å². The van der Waals surface area contributed by atoms with Crippen LogP contribution in [0.15, 0.2) is 22.7 Å². The third-order valence-corrected chi connectivity index (χ3v) is 2.24. The maximum Gasteiger partial charge on any atom is 0.257 e. The molecule has 0 bridgehead atoms. The van der Waals surface area contributed by atoms with Gasteiger partial charge in [0.25, 0.3) is 6.43 Å². The molecule has 1 atom stereocenters. The Kier molecular flexibility index (Phi) is 3.33. The second kappa shape index (κ2) is 4.11. The first kappa shape index (κ1) is 10.5. The van der Waals surface area contributed by atoms with Gasteiger partial charge < -0.3 is 5.73 Å². The molecule has 0 radical (unpaired) electrons. The maximum absolute atomic E-state index is 12.9. The number of hydrogen-bond donors (Lipinski definition) is 1. The van der Waals surface area contributed by atoms with Crippen LogP contribution in [0.1, 0.15) is 11.6 Å². The fourth-order valence-electron chi connectivity index (χ4n) is 0.865. The van der Waals surface area contributed by atoms with Gasteiger partial charge in [0.05, 0.1) is 10.5 Å². The van der Waals surface area contributed by atoms with E-state index in [1.54, 1.807) is 0 Å². The number of nitrogens with two attached hydrogens (primary N) is 1. The van der Waals surface area contributed by atoms with Crippen molar-refractivity contribution in [2.45, 2.75) is 12.5 Å². The minimum absolute atomic E-state index is 0.0932. The maximum atomic E-state index is 12.9. The molecule has 72 valence electrons. The lowest BCUT2D eigenvalue weighted by atomic mass is 10.1. The van der Waals surface area contributed by atoms with Gasteiger partial charge in [-0.3, -0.25) is 0 Å². The largest absolute Gasteiger partial charge is 0.319 e. The molecule has 5 heteroatoms. The van der Waals surface area contributed by atoms with Gasteiger partial charge in [-0.1, -0.05) is 6.07 Å². The molecule has 0 fully saturated rings. The van der Waals surface area contributed by atoms with Crippen LogP contribution >= 0.6 is 15.9 Å². The number of alkyl halides is 2. The summed E-state index contributed by atoms with van der Waals surface area (Å²) in [5, 5.41) is 0. The van der Waals surface area contributed by atoms with Crippen molar-refractivity contribution >= 4 is 15.9 Å². The predicted molar refractivity (Wildman–Crippen MR) is 47.0 cm³/mol. The van der Waals surface area contributed by atoms with E-state index in [2.05, 4.69) is 15.9 Å². The summed E-state index contributed by atoms with van der Waals surface area (Å²) in [5.74, 6) is -0.589. The molecule has 0 heterocycles. The number of benzene rings is 1.